The second kappa shape index (κ2) is 11.3. The van der Waals surface area contributed by atoms with E-state index in [0.717, 1.165) is 35.1 Å². The average molecular weight is 704 g/mol. The van der Waals surface area contributed by atoms with E-state index in [1.54, 1.807) is 5.57 Å². The molecule has 1 radical (unpaired) electrons. The summed E-state index contributed by atoms with van der Waals surface area (Å²) >= 11 is 1.87. The van der Waals surface area contributed by atoms with Crippen LogP contribution in [0.1, 0.15) is 49.0 Å². The van der Waals surface area contributed by atoms with E-state index in [4.69, 9.17) is 4.98 Å². The van der Waals surface area contributed by atoms with E-state index in [2.05, 4.69) is 77.1 Å². The van der Waals surface area contributed by atoms with Crippen LogP contribution in [0.3, 0.4) is 0 Å². The van der Waals surface area contributed by atoms with Crippen LogP contribution >= 0.6 is 11.8 Å². The molecular weight excluding hydrogens is 675 g/mol. The number of para-hydroxylation sites is 1. The zero-order valence-corrected chi connectivity index (χ0v) is 25.1. The predicted octanol–water partition coefficient (Wildman–Crippen LogP) is 8.80. The number of pyridine rings is 1. The van der Waals surface area contributed by atoms with Crippen LogP contribution < -0.4 is 0 Å². The number of hydrogen-bond acceptors (Lipinski definition) is 3. The molecule has 39 heavy (non-hydrogen) atoms. The summed E-state index contributed by atoms with van der Waals surface area (Å²) in [4.78, 5) is 10.6. The number of rotatable bonds is 2. The second-order valence-electron chi connectivity index (χ2n) is 10.2. The van der Waals surface area contributed by atoms with Crippen molar-refractivity contribution in [3.05, 3.63) is 108 Å². The van der Waals surface area contributed by atoms with Crippen LogP contribution in [-0.2, 0) is 26.7 Å². The molecule has 0 bridgehead atoms. The maximum atomic E-state index is 4.91. The first-order valence-corrected chi connectivity index (χ1v) is 14.5. The zero-order valence-electron chi connectivity index (χ0n) is 21.9. The van der Waals surface area contributed by atoms with Gasteiger partial charge in [-0.25, -0.2) is 0 Å². The van der Waals surface area contributed by atoms with Gasteiger partial charge in [-0.05, 0) is 46.6 Å². The predicted molar refractivity (Wildman–Crippen MR) is 157 cm³/mol. The molecule has 5 heteroatoms. The van der Waals surface area contributed by atoms with E-state index in [0.29, 0.717) is 5.25 Å². The largest absolute Gasteiger partial charge is 0.360 e. The number of aromatic nitrogens is 3. The molecule has 1 saturated carbocycles. The molecule has 1 atom stereocenters. The Kier molecular flexibility index (Phi) is 7.57. The molecule has 5 aromatic rings. The van der Waals surface area contributed by atoms with Crippen LogP contribution in [0.5, 0.6) is 0 Å². The molecule has 3 aromatic carbocycles. The van der Waals surface area contributed by atoms with Gasteiger partial charge in [-0.15, -0.1) is 83.0 Å². The second-order valence-corrected chi connectivity index (χ2v) is 11.6. The van der Waals surface area contributed by atoms with Gasteiger partial charge in [0.1, 0.15) is 0 Å². The van der Waals surface area contributed by atoms with Gasteiger partial charge in [-0.3, -0.25) is 4.98 Å². The topological polar surface area (TPSA) is 30.7 Å². The summed E-state index contributed by atoms with van der Waals surface area (Å²) < 4.78 is 2.36. The third-order valence-electron chi connectivity index (χ3n) is 7.95. The van der Waals surface area contributed by atoms with Crippen molar-refractivity contribution in [3.63, 3.8) is 0 Å². The number of benzene rings is 3. The van der Waals surface area contributed by atoms with E-state index >= 15 is 0 Å². The third kappa shape index (κ3) is 4.82. The maximum Gasteiger partial charge on any atom is 0.0777 e. The number of fused-ring (bicyclic) bond motifs is 3. The molecule has 0 N–H and O–H groups in total. The van der Waals surface area contributed by atoms with Crippen molar-refractivity contribution in [1.82, 2.24) is 14.5 Å². The Morgan fingerprint density at radius 1 is 0.923 bits per heavy atom. The number of allylic oxidation sites excluding steroid dienone is 2. The van der Waals surface area contributed by atoms with Crippen LogP contribution in [0.2, 0.25) is 0 Å². The van der Waals surface area contributed by atoms with Gasteiger partial charge in [0.05, 0.1) is 16.9 Å². The molecule has 1 unspecified atom stereocenters. The standard InChI is InChI=1S/C21H19N2.C13H10NS.Ir/c1-2-9-16(10-3-1)21-22-19-12-6-11-18-17(15-7-4-5-8-15)13-14-23(21)20(18)19;1-9-10-5-2-3-6-11(10)13-12(15-9)7-4-8-14-13;/h1-3,6,9,11-13,15H,4-5,7-8,14H2;2-5,7-9H,1H3;/q2*-1;. The minimum Gasteiger partial charge on any atom is -0.360 e. The molecule has 3 nitrogen and oxygen atoms in total. The Morgan fingerprint density at radius 3 is 2.64 bits per heavy atom. The number of nitrogens with zero attached hydrogens (tertiary/aromatic N) is 3. The Hall–Kier alpha value is -2.98. The molecule has 2 aromatic heterocycles. The molecule has 1 aliphatic carbocycles. The third-order valence-corrected chi connectivity index (χ3v) is 9.14. The van der Waals surface area contributed by atoms with Crippen molar-refractivity contribution in [2.45, 2.75) is 49.3 Å². The molecule has 0 saturated heterocycles. The van der Waals surface area contributed by atoms with Gasteiger partial charge >= 0.3 is 0 Å². The maximum absolute atomic E-state index is 4.91. The summed E-state index contributed by atoms with van der Waals surface area (Å²) in [6.07, 6.45) is 9.72. The number of thioether (sulfide) groups is 1. The fraction of sp³-hybridized carbons (Fsp3) is 0.235. The van der Waals surface area contributed by atoms with E-state index in [1.165, 1.54) is 52.8 Å². The summed E-state index contributed by atoms with van der Waals surface area (Å²) in [6, 6.07) is 31.6. The van der Waals surface area contributed by atoms with Crippen molar-refractivity contribution in [3.8, 4) is 22.6 Å². The monoisotopic (exact) mass is 704 g/mol. The first kappa shape index (κ1) is 26.3. The molecule has 3 aliphatic rings. The van der Waals surface area contributed by atoms with Crippen LogP contribution in [0.25, 0.3) is 39.3 Å². The van der Waals surface area contributed by atoms with Crippen molar-refractivity contribution in [2.75, 3.05) is 0 Å². The van der Waals surface area contributed by atoms with Gasteiger partial charge in [0.2, 0.25) is 0 Å². The first-order chi connectivity index (χ1) is 18.8. The first-order valence-electron chi connectivity index (χ1n) is 13.6. The fourth-order valence-corrected chi connectivity index (χ4v) is 7.31. The molecule has 1 fully saturated rings. The number of hydrogen-bond donors (Lipinski definition) is 0. The Labute approximate surface area is 248 Å². The Morgan fingerprint density at radius 2 is 1.79 bits per heavy atom. The van der Waals surface area contributed by atoms with Crippen LogP contribution in [0.4, 0.5) is 0 Å². The van der Waals surface area contributed by atoms with E-state index in [9.17, 15) is 0 Å². The van der Waals surface area contributed by atoms with Gasteiger partial charge in [0.25, 0.3) is 0 Å². The molecule has 0 spiro atoms. The summed E-state index contributed by atoms with van der Waals surface area (Å²) in [7, 11) is 0. The van der Waals surface area contributed by atoms with Crippen molar-refractivity contribution >= 4 is 28.4 Å². The van der Waals surface area contributed by atoms with Crippen molar-refractivity contribution < 1.29 is 20.1 Å². The van der Waals surface area contributed by atoms with Crippen LogP contribution in [0, 0.1) is 18.1 Å². The average Bonchev–Trinajstić information content (AvgIpc) is 3.64. The van der Waals surface area contributed by atoms with E-state index < -0.39 is 0 Å². The summed E-state index contributed by atoms with van der Waals surface area (Å²) in [5.74, 6) is 1.78. The summed E-state index contributed by atoms with van der Waals surface area (Å²) in [5.41, 5.74) is 10.0. The van der Waals surface area contributed by atoms with Gasteiger partial charge < -0.3 is 9.55 Å². The molecule has 197 valence electrons. The normalized spacial score (nSPS) is 17.4. The van der Waals surface area contributed by atoms with Gasteiger partial charge in [0.15, 0.2) is 0 Å². The quantitative estimate of drug-likeness (QED) is 0.172. The molecule has 2 aliphatic heterocycles. The smallest absolute Gasteiger partial charge is 0.0777 e. The van der Waals surface area contributed by atoms with Gasteiger partial charge in [-0.2, -0.15) is 0 Å². The fourth-order valence-electron chi connectivity index (χ4n) is 6.18. The SMILES string of the molecule is CC1Sc2cccnc2-c2[c-]cccc21.[Ir].[c-]1ccccc1-c1nc2cccc3c2n1CC=C3C1CCCC1. The van der Waals surface area contributed by atoms with Crippen LogP contribution in [0.15, 0.2) is 90.0 Å². The molecular formula is C34H29IrN3S-2. The Bertz CT molecular complexity index is 1650. The van der Waals surface area contributed by atoms with Crippen molar-refractivity contribution in [2.24, 2.45) is 5.92 Å². The minimum absolute atomic E-state index is 0. The molecule has 0 amide bonds. The summed E-state index contributed by atoms with van der Waals surface area (Å²) in [5, 5.41) is 0.495. The Balaban J connectivity index is 0.000000151. The zero-order chi connectivity index (χ0) is 25.5. The molecule has 8 rings (SSSR count). The summed E-state index contributed by atoms with van der Waals surface area (Å²) in [6.45, 7) is 3.16. The van der Waals surface area contributed by atoms with E-state index in [-0.39, 0.29) is 20.1 Å². The minimum atomic E-state index is 0. The van der Waals surface area contributed by atoms with Gasteiger partial charge in [0, 0.05) is 44.1 Å². The number of imidazole rings is 1. The van der Waals surface area contributed by atoms with Gasteiger partial charge in [-0.1, -0.05) is 44.0 Å². The van der Waals surface area contributed by atoms with E-state index in [1.807, 2.05) is 48.3 Å². The van der Waals surface area contributed by atoms with Crippen LogP contribution in [-0.4, -0.2) is 14.5 Å². The molecule has 4 heterocycles. The van der Waals surface area contributed by atoms with Crippen molar-refractivity contribution in [1.29, 1.82) is 0 Å².